The van der Waals surface area contributed by atoms with Crippen LogP contribution in [0.5, 0.6) is 5.75 Å². The van der Waals surface area contributed by atoms with E-state index < -0.39 is 11.9 Å². The van der Waals surface area contributed by atoms with Crippen LogP contribution in [0.25, 0.3) is 20.8 Å². The van der Waals surface area contributed by atoms with E-state index in [1.54, 1.807) is 25.1 Å². The first-order chi connectivity index (χ1) is 15.4. The molecule has 32 heavy (non-hydrogen) atoms. The lowest BCUT2D eigenvalue weighted by Crippen LogP contribution is -2.20. The molecule has 7 nitrogen and oxygen atoms in total. The Balaban J connectivity index is 1.63. The SMILES string of the molecule is COC(=O)c1c(C)oc(NC(=O)COc2ccc(Cl)c(C)c2)c1-c1nc2ccccc2s1. The lowest BCUT2D eigenvalue weighted by atomic mass is 10.1. The Morgan fingerprint density at radius 3 is 2.69 bits per heavy atom. The molecule has 0 unspecified atom stereocenters. The van der Waals surface area contributed by atoms with Crippen molar-refractivity contribution in [3.8, 4) is 16.3 Å². The van der Waals surface area contributed by atoms with E-state index in [1.165, 1.54) is 18.4 Å². The monoisotopic (exact) mass is 470 g/mol. The number of carbonyl (C=O) groups excluding carboxylic acids is 2. The number of aromatic nitrogens is 1. The summed E-state index contributed by atoms with van der Waals surface area (Å²) in [4.78, 5) is 29.7. The van der Waals surface area contributed by atoms with Crippen molar-refractivity contribution in [2.24, 2.45) is 0 Å². The van der Waals surface area contributed by atoms with Crippen molar-refractivity contribution in [1.29, 1.82) is 0 Å². The summed E-state index contributed by atoms with van der Waals surface area (Å²) in [5, 5.41) is 3.84. The summed E-state index contributed by atoms with van der Waals surface area (Å²) in [7, 11) is 1.29. The molecular weight excluding hydrogens is 452 g/mol. The summed E-state index contributed by atoms with van der Waals surface area (Å²) in [6.45, 7) is 3.22. The van der Waals surface area contributed by atoms with Crippen LogP contribution in [0.1, 0.15) is 21.7 Å². The summed E-state index contributed by atoms with van der Waals surface area (Å²) in [6.07, 6.45) is 0. The number of hydrogen-bond acceptors (Lipinski definition) is 7. The first-order valence-corrected chi connectivity index (χ1v) is 10.8. The van der Waals surface area contributed by atoms with Crippen LogP contribution in [0.15, 0.2) is 46.9 Å². The number of aryl methyl sites for hydroxylation is 2. The molecule has 0 spiro atoms. The van der Waals surface area contributed by atoms with Gasteiger partial charge in [0.2, 0.25) is 5.88 Å². The average molecular weight is 471 g/mol. The van der Waals surface area contributed by atoms with Gasteiger partial charge in [-0.2, -0.15) is 0 Å². The largest absolute Gasteiger partial charge is 0.484 e. The van der Waals surface area contributed by atoms with Crippen LogP contribution in [-0.2, 0) is 9.53 Å². The number of esters is 1. The number of furan rings is 1. The Hall–Kier alpha value is -3.36. The van der Waals surface area contributed by atoms with E-state index >= 15 is 0 Å². The molecule has 0 saturated carbocycles. The lowest BCUT2D eigenvalue weighted by molar-refractivity contribution is -0.118. The maximum Gasteiger partial charge on any atom is 0.342 e. The van der Waals surface area contributed by atoms with E-state index in [-0.39, 0.29) is 18.1 Å². The van der Waals surface area contributed by atoms with Crippen molar-refractivity contribution in [1.82, 2.24) is 4.98 Å². The number of fused-ring (bicyclic) bond motifs is 1. The third-order valence-corrected chi connectivity index (χ3v) is 6.21. The zero-order valence-corrected chi connectivity index (χ0v) is 19.1. The van der Waals surface area contributed by atoms with Gasteiger partial charge in [0.05, 0.1) is 22.9 Å². The Kier molecular flexibility index (Phi) is 6.16. The van der Waals surface area contributed by atoms with Crippen molar-refractivity contribution in [3.05, 3.63) is 64.4 Å². The fourth-order valence-electron chi connectivity index (χ4n) is 3.18. The minimum Gasteiger partial charge on any atom is -0.484 e. The molecule has 2 aromatic heterocycles. The molecule has 0 aliphatic rings. The Morgan fingerprint density at radius 2 is 1.97 bits per heavy atom. The molecule has 9 heteroatoms. The minimum absolute atomic E-state index is 0.114. The van der Waals surface area contributed by atoms with Gasteiger partial charge in [0.1, 0.15) is 22.1 Å². The zero-order valence-electron chi connectivity index (χ0n) is 17.5. The van der Waals surface area contributed by atoms with Crippen molar-refractivity contribution >= 4 is 50.9 Å². The summed E-state index contributed by atoms with van der Waals surface area (Å²) in [6, 6.07) is 12.7. The quantitative estimate of drug-likeness (QED) is 0.367. The molecule has 4 rings (SSSR count). The third-order valence-electron chi connectivity index (χ3n) is 4.73. The van der Waals surface area contributed by atoms with Gasteiger partial charge in [0, 0.05) is 5.02 Å². The Morgan fingerprint density at radius 1 is 1.19 bits per heavy atom. The molecule has 164 valence electrons. The van der Waals surface area contributed by atoms with E-state index in [2.05, 4.69) is 10.3 Å². The molecular formula is C23H19ClN2O5S. The first kappa shape index (κ1) is 21.9. The number of para-hydroxylation sites is 1. The molecule has 1 amide bonds. The van der Waals surface area contributed by atoms with Gasteiger partial charge in [-0.05, 0) is 49.7 Å². The van der Waals surface area contributed by atoms with E-state index in [4.69, 9.17) is 25.5 Å². The van der Waals surface area contributed by atoms with Gasteiger partial charge in [-0.15, -0.1) is 11.3 Å². The van der Waals surface area contributed by atoms with Crippen molar-refractivity contribution < 1.29 is 23.5 Å². The number of ether oxygens (including phenoxy) is 2. The second kappa shape index (κ2) is 9.02. The number of benzene rings is 2. The lowest BCUT2D eigenvalue weighted by Gasteiger charge is -2.08. The molecule has 0 bridgehead atoms. The van der Waals surface area contributed by atoms with Crippen molar-refractivity contribution in [2.45, 2.75) is 13.8 Å². The third kappa shape index (κ3) is 4.32. The van der Waals surface area contributed by atoms with Gasteiger partial charge in [-0.1, -0.05) is 23.7 Å². The number of rotatable bonds is 6. The molecule has 0 atom stereocenters. The van der Waals surface area contributed by atoms with Gasteiger partial charge >= 0.3 is 5.97 Å². The molecule has 2 aromatic carbocycles. The first-order valence-electron chi connectivity index (χ1n) is 9.64. The van der Waals surface area contributed by atoms with E-state index in [0.29, 0.717) is 27.1 Å². The zero-order chi connectivity index (χ0) is 22.8. The minimum atomic E-state index is -0.575. The fourth-order valence-corrected chi connectivity index (χ4v) is 4.31. The van der Waals surface area contributed by atoms with Gasteiger partial charge < -0.3 is 13.9 Å². The van der Waals surface area contributed by atoms with E-state index in [9.17, 15) is 9.59 Å². The summed E-state index contributed by atoms with van der Waals surface area (Å²) in [5.41, 5.74) is 2.22. The fraction of sp³-hybridized carbons (Fsp3) is 0.174. The van der Waals surface area contributed by atoms with Gasteiger partial charge in [-0.25, -0.2) is 9.78 Å². The molecule has 4 aromatic rings. The van der Waals surface area contributed by atoms with Crippen LogP contribution in [0, 0.1) is 13.8 Å². The molecule has 0 aliphatic carbocycles. The molecule has 0 aliphatic heterocycles. The number of halogens is 1. The normalized spacial score (nSPS) is 10.9. The topological polar surface area (TPSA) is 90.7 Å². The molecule has 0 radical (unpaired) electrons. The maximum atomic E-state index is 12.6. The highest BCUT2D eigenvalue weighted by Gasteiger charge is 2.28. The van der Waals surface area contributed by atoms with Crippen LogP contribution < -0.4 is 10.1 Å². The number of nitrogens with zero attached hydrogens (tertiary/aromatic N) is 1. The molecule has 0 fully saturated rings. The number of thiazole rings is 1. The maximum absolute atomic E-state index is 12.6. The highest BCUT2D eigenvalue weighted by Crippen LogP contribution is 2.40. The summed E-state index contributed by atoms with van der Waals surface area (Å²) >= 11 is 7.41. The van der Waals surface area contributed by atoms with Crippen molar-refractivity contribution in [3.63, 3.8) is 0 Å². The Bertz CT molecular complexity index is 1290. The van der Waals surface area contributed by atoms with Gasteiger partial charge in [0.25, 0.3) is 5.91 Å². The number of anilines is 1. The van der Waals surface area contributed by atoms with E-state index in [1.807, 2.05) is 31.2 Å². The standard InChI is InChI=1S/C23H19ClN2O5S/c1-12-10-14(8-9-15(12)24)30-11-18(27)26-21-20(19(13(2)31-21)23(28)29-3)22-25-16-6-4-5-7-17(16)32-22/h4-10H,11H2,1-3H3,(H,26,27). The predicted molar refractivity (Wildman–Crippen MR) is 124 cm³/mol. The Labute approximate surface area is 192 Å². The van der Waals surface area contributed by atoms with E-state index in [0.717, 1.165) is 15.8 Å². The highest BCUT2D eigenvalue weighted by atomic mass is 35.5. The van der Waals surface area contributed by atoms with Gasteiger partial charge in [-0.3, -0.25) is 10.1 Å². The highest BCUT2D eigenvalue weighted by molar-refractivity contribution is 7.21. The number of hydrogen-bond donors (Lipinski definition) is 1. The molecule has 0 saturated heterocycles. The number of nitrogens with one attached hydrogen (secondary N) is 1. The van der Waals surface area contributed by atoms with Crippen LogP contribution in [0.3, 0.4) is 0 Å². The summed E-state index contributed by atoms with van der Waals surface area (Å²) in [5.74, 6) is -0.0863. The average Bonchev–Trinajstić information content (AvgIpc) is 3.34. The van der Waals surface area contributed by atoms with Crippen LogP contribution >= 0.6 is 22.9 Å². The van der Waals surface area contributed by atoms with Crippen LogP contribution in [0.2, 0.25) is 5.02 Å². The second-order valence-electron chi connectivity index (χ2n) is 6.96. The van der Waals surface area contributed by atoms with Crippen LogP contribution in [0.4, 0.5) is 5.88 Å². The van der Waals surface area contributed by atoms with Crippen molar-refractivity contribution in [2.75, 3.05) is 19.0 Å². The second-order valence-corrected chi connectivity index (χ2v) is 8.40. The summed E-state index contributed by atoms with van der Waals surface area (Å²) < 4.78 is 17.2. The smallest absolute Gasteiger partial charge is 0.342 e. The number of methoxy groups -OCH3 is 1. The number of carbonyl (C=O) groups is 2. The number of amides is 1. The predicted octanol–water partition coefficient (Wildman–Crippen LogP) is 5.63. The van der Waals surface area contributed by atoms with Gasteiger partial charge in [0.15, 0.2) is 6.61 Å². The van der Waals surface area contributed by atoms with Crippen LogP contribution in [-0.4, -0.2) is 30.6 Å². The molecule has 1 N–H and O–H groups in total. The molecule has 2 heterocycles.